The summed E-state index contributed by atoms with van der Waals surface area (Å²) in [6, 6.07) is 5.84. The Hall–Kier alpha value is -1.28. The molecule has 1 N–H and O–H groups in total. The number of rotatable bonds is 2. The second-order valence-electron chi connectivity index (χ2n) is 6.75. The number of halogens is 1. The molecule has 0 saturated heterocycles. The zero-order valence-electron chi connectivity index (χ0n) is 13.4. The van der Waals surface area contributed by atoms with Gasteiger partial charge in [-0.05, 0) is 62.6 Å². The normalized spacial score (nSPS) is 25.7. The van der Waals surface area contributed by atoms with Crippen molar-refractivity contribution in [3.63, 3.8) is 0 Å². The second-order valence-corrected chi connectivity index (χ2v) is 7.16. The van der Waals surface area contributed by atoms with Crippen LogP contribution in [0.15, 0.2) is 29.3 Å². The van der Waals surface area contributed by atoms with Gasteiger partial charge in [0, 0.05) is 17.1 Å². The van der Waals surface area contributed by atoms with Gasteiger partial charge >= 0.3 is 0 Å². The van der Waals surface area contributed by atoms with Crippen molar-refractivity contribution in [1.29, 1.82) is 0 Å². The molecule has 2 atom stereocenters. The van der Waals surface area contributed by atoms with E-state index in [9.17, 15) is 4.79 Å². The maximum absolute atomic E-state index is 12.5. The van der Waals surface area contributed by atoms with E-state index in [2.05, 4.69) is 12.2 Å². The summed E-state index contributed by atoms with van der Waals surface area (Å²) in [4.78, 5) is 12.5. The smallest absolute Gasteiger partial charge is 0.155 e. The van der Waals surface area contributed by atoms with Crippen molar-refractivity contribution in [2.24, 2.45) is 5.92 Å². The molecule has 3 heteroatoms. The van der Waals surface area contributed by atoms with Crippen LogP contribution in [0.5, 0.6) is 0 Å². The number of anilines is 1. The summed E-state index contributed by atoms with van der Waals surface area (Å²) in [6.07, 6.45) is 6.44. The molecule has 0 spiro atoms. The third kappa shape index (κ3) is 3.22. The Balaban J connectivity index is 1.74. The summed E-state index contributed by atoms with van der Waals surface area (Å²) >= 11 is 6.18. The highest BCUT2D eigenvalue weighted by molar-refractivity contribution is 6.31. The van der Waals surface area contributed by atoms with Gasteiger partial charge in [-0.1, -0.05) is 35.7 Å². The molecule has 2 aliphatic carbocycles. The van der Waals surface area contributed by atoms with Gasteiger partial charge in [-0.25, -0.2) is 0 Å². The molecule has 0 aliphatic heterocycles. The Bertz CT molecular complexity index is 614. The van der Waals surface area contributed by atoms with Crippen molar-refractivity contribution < 1.29 is 4.79 Å². The molecular weight excluding hydrogens is 294 g/mol. The maximum atomic E-state index is 12.5. The van der Waals surface area contributed by atoms with Crippen LogP contribution >= 0.6 is 11.6 Å². The van der Waals surface area contributed by atoms with Crippen molar-refractivity contribution in [2.75, 3.05) is 5.32 Å². The Kier molecular flexibility index (Phi) is 4.58. The molecule has 1 aromatic rings. The summed E-state index contributed by atoms with van der Waals surface area (Å²) in [6.45, 7) is 4.20. The van der Waals surface area contributed by atoms with Crippen molar-refractivity contribution >= 4 is 23.1 Å². The lowest BCUT2D eigenvalue weighted by molar-refractivity contribution is -0.120. The van der Waals surface area contributed by atoms with Crippen molar-refractivity contribution in [3.05, 3.63) is 39.9 Å². The first-order chi connectivity index (χ1) is 10.5. The molecule has 1 aromatic carbocycles. The lowest BCUT2D eigenvalue weighted by Crippen LogP contribution is -2.28. The quantitative estimate of drug-likeness (QED) is 0.592. The summed E-state index contributed by atoms with van der Waals surface area (Å²) < 4.78 is 0. The number of allylic oxidation sites excluding steroid dienone is 2. The minimum Gasteiger partial charge on any atom is -0.375 e. The standard InChI is InChI=1S/C19H24ClNO/c1-12-6-7-15(11-17(12)20)21-18-9-8-16(14-4-3-5-14)13(2)10-19(18)22/h6-7,11,13,18,21H,3-5,8-10H2,1-2H3. The van der Waals surface area contributed by atoms with Crippen molar-refractivity contribution in [1.82, 2.24) is 0 Å². The second kappa shape index (κ2) is 6.45. The van der Waals surface area contributed by atoms with E-state index in [4.69, 9.17) is 11.6 Å². The van der Waals surface area contributed by atoms with Crippen LogP contribution < -0.4 is 5.32 Å². The molecule has 2 aliphatic rings. The third-order valence-corrected chi connectivity index (χ3v) is 5.52. The third-order valence-electron chi connectivity index (χ3n) is 5.12. The molecule has 0 heterocycles. The largest absolute Gasteiger partial charge is 0.375 e. The van der Waals surface area contributed by atoms with E-state index in [-0.39, 0.29) is 6.04 Å². The van der Waals surface area contributed by atoms with Gasteiger partial charge in [0.2, 0.25) is 0 Å². The number of ketones is 1. The van der Waals surface area contributed by atoms with Crippen LogP contribution in [0, 0.1) is 12.8 Å². The number of Topliss-reactive ketones (excluding diaryl/α,β-unsaturated/α-hetero) is 1. The first-order valence-electron chi connectivity index (χ1n) is 8.31. The molecule has 0 radical (unpaired) electrons. The molecular formula is C19H24ClNO. The number of carbonyl (C=O) groups excluding carboxylic acids is 1. The number of hydrogen-bond acceptors (Lipinski definition) is 2. The van der Waals surface area contributed by atoms with E-state index in [0.29, 0.717) is 18.1 Å². The van der Waals surface area contributed by atoms with Crippen LogP contribution in [0.2, 0.25) is 5.02 Å². The van der Waals surface area contributed by atoms with Crippen LogP contribution in [-0.4, -0.2) is 11.8 Å². The van der Waals surface area contributed by atoms with Gasteiger partial charge in [-0.3, -0.25) is 4.79 Å². The Morgan fingerprint density at radius 2 is 2.00 bits per heavy atom. The summed E-state index contributed by atoms with van der Waals surface area (Å²) in [5.74, 6) is 0.746. The first-order valence-corrected chi connectivity index (χ1v) is 8.68. The summed E-state index contributed by atoms with van der Waals surface area (Å²) in [5, 5.41) is 4.15. The Morgan fingerprint density at radius 3 is 2.64 bits per heavy atom. The highest BCUT2D eigenvalue weighted by atomic mass is 35.5. The van der Waals surface area contributed by atoms with Crippen LogP contribution in [0.4, 0.5) is 5.69 Å². The fourth-order valence-electron chi connectivity index (χ4n) is 3.51. The fraction of sp³-hybridized carbons (Fsp3) is 0.526. The summed E-state index contributed by atoms with van der Waals surface area (Å²) in [7, 11) is 0. The fourth-order valence-corrected chi connectivity index (χ4v) is 3.69. The van der Waals surface area contributed by atoms with Crippen LogP contribution in [0.3, 0.4) is 0 Å². The Labute approximate surface area is 137 Å². The van der Waals surface area contributed by atoms with Gasteiger partial charge in [0.1, 0.15) is 0 Å². The molecule has 2 fully saturated rings. The van der Waals surface area contributed by atoms with Crippen LogP contribution in [-0.2, 0) is 4.79 Å². The van der Waals surface area contributed by atoms with E-state index < -0.39 is 0 Å². The van der Waals surface area contributed by atoms with Gasteiger partial charge in [-0.15, -0.1) is 0 Å². The van der Waals surface area contributed by atoms with Crippen molar-refractivity contribution in [2.45, 2.75) is 58.4 Å². The number of carbonyl (C=O) groups is 1. The lowest BCUT2D eigenvalue weighted by atomic mass is 9.81. The number of nitrogens with one attached hydrogen (secondary N) is 1. The van der Waals surface area contributed by atoms with E-state index in [1.807, 2.05) is 25.1 Å². The first kappa shape index (κ1) is 15.6. The lowest BCUT2D eigenvalue weighted by Gasteiger charge is -2.24. The zero-order valence-corrected chi connectivity index (χ0v) is 14.2. The SMILES string of the molecule is Cc1ccc(NC2CCC(=C3CCC3)C(C)CC2=O)cc1Cl. The van der Waals surface area contributed by atoms with Gasteiger partial charge in [0.05, 0.1) is 6.04 Å². The molecule has 0 bridgehead atoms. The van der Waals surface area contributed by atoms with E-state index in [0.717, 1.165) is 29.1 Å². The molecule has 0 aromatic heterocycles. The molecule has 22 heavy (non-hydrogen) atoms. The average Bonchev–Trinajstić information content (AvgIpc) is 2.54. The highest BCUT2D eigenvalue weighted by Crippen LogP contribution is 2.37. The van der Waals surface area contributed by atoms with Crippen LogP contribution in [0.1, 0.15) is 51.0 Å². The van der Waals surface area contributed by atoms with E-state index >= 15 is 0 Å². The van der Waals surface area contributed by atoms with Gasteiger partial charge in [-0.2, -0.15) is 0 Å². The molecule has 2 saturated carbocycles. The van der Waals surface area contributed by atoms with E-state index in [1.165, 1.54) is 19.3 Å². The highest BCUT2D eigenvalue weighted by Gasteiger charge is 2.29. The van der Waals surface area contributed by atoms with Gasteiger partial charge in [0.25, 0.3) is 0 Å². The monoisotopic (exact) mass is 317 g/mol. The summed E-state index contributed by atoms with van der Waals surface area (Å²) in [5.41, 5.74) is 5.19. The molecule has 2 nitrogen and oxygen atoms in total. The topological polar surface area (TPSA) is 29.1 Å². The van der Waals surface area contributed by atoms with Gasteiger partial charge in [0.15, 0.2) is 5.78 Å². The number of aryl methyl sites for hydroxylation is 1. The zero-order chi connectivity index (χ0) is 15.7. The van der Waals surface area contributed by atoms with Gasteiger partial charge < -0.3 is 5.32 Å². The molecule has 118 valence electrons. The molecule has 2 unspecified atom stereocenters. The maximum Gasteiger partial charge on any atom is 0.155 e. The number of benzene rings is 1. The molecule has 3 rings (SSSR count). The molecule has 0 amide bonds. The predicted octanol–water partition coefficient (Wildman–Crippen LogP) is 5.30. The number of hydrogen-bond donors (Lipinski definition) is 1. The minimum atomic E-state index is -0.0839. The predicted molar refractivity (Wildman–Crippen MR) is 92.5 cm³/mol. The minimum absolute atomic E-state index is 0.0839. The van der Waals surface area contributed by atoms with Crippen LogP contribution in [0.25, 0.3) is 0 Å². The van der Waals surface area contributed by atoms with E-state index in [1.54, 1.807) is 11.1 Å². The van der Waals surface area contributed by atoms with Crippen molar-refractivity contribution in [3.8, 4) is 0 Å². The average molecular weight is 318 g/mol. The Morgan fingerprint density at radius 1 is 1.23 bits per heavy atom.